The van der Waals surface area contributed by atoms with Crippen molar-refractivity contribution in [2.75, 3.05) is 0 Å². The van der Waals surface area contributed by atoms with Gasteiger partial charge in [-0.05, 0) is 68.3 Å². The molecule has 0 bridgehead atoms. The van der Waals surface area contributed by atoms with Crippen LogP contribution in [-0.2, 0) is 0 Å². The molecule has 4 rings (SSSR count). The molecule has 1 N–H and O–H groups in total. The van der Waals surface area contributed by atoms with E-state index >= 15 is 0 Å². The van der Waals surface area contributed by atoms with Crippen LogP contribution in [0.1, 0.15) is 28.3 Å². The largest absolute Gasteiger partial charge is 0.450 e. The van der Waals surface area contributed by atoms with Gasteiger partial charge in [0.15, 0.2) is 5.09 Å². The van der Waals surface area contributed by atoms with Crippen LogP contribution in [0.4, 0.5) is 0 Å². The maximum Gasteiger partial charge on any atom is 0.165 e. The predicted octanol–water partition coefficient (Wildman–Crippen LogP) is 6.30. The standard InChI is InChI=1S/C23H19N3OS/c1-14-4-7-19(8-5-14)28-22-9-6-18(27-22)12-17(13-24)23-25-20-10-15(2)16(3)11-21(20)26-23/h4-12H,1-3H3,(H,25,26)/b17-12-. The molecule has 28 heavy (non-hydrogen) atoms. The highest BCUT2D eigenvalue weighted by Crippen LogP contribution is 2.30. The van der Waals surface area contributed by atoms with Crippen molar-refractivity contribution < 1.29 is 4.42 Å². The number of aromatic nitrogens is 2. The third kappa shape index (κ3) is 3.73. The van der Waals surface area contributed by atoms with Crippen LogP contribution in [0.2, 0.25) is 0 Å². The van der Waals surface area contributed by atoms with Crippen molar-refractivity contribution in [2.24, 2.45) is 0 Å². The van der Waals surface area contributed by atoms with E-state index in [-0.39, 0.29) is 0 Å². The van der Waals surface area contributed by atoms with E-state index in [1.54, 1.807) is 17.8 Å². The number of imidazole rings is 1. The zero-order valence-electron chi connectivity index (χ0n) is 15.9. The summed E-state index contributed by atoms with van der Waals surface area (Å²) in [6.45, 7) is 6.18. The second-order valence-corrected chi connectivity index (χ2v) is 7.86. The van der Waals surface area contributed by atoms with Gasteiger partial charge in [0.2, 0.25) is 0 Å². The molecule has 0 aliphatic heterocycles. The van der Waals surface area contributed by atoms with Gasteiger partial charge < -0.3 is 9.40 Å². The smallest absolute Gasteiger partial charge is 0.165 e. The summed E-state index contributed by atoms with van der Waals surface area (Å²) in [5, 5.41) is 10.4. The number of H-pyrrole nitrogens is 1. The molecule has 0 atom stereocenters. The van der Waals surface area contributed by atoms with Crippen molar-refractivity contribution in [2.45, 2.75) is 30.8 Å². The van der Waals surface area contributed by atoms with Gasteiger partial charge in [-0.2, -0.15) is 5.26 Å². The number of nitriles is 1. The fourth-order valence-corrected chi connectivity index (χ4v) is 3.66. The number of hydrogen-bond donors (Lipinski definition) is 1. The molecule has 0 amide bonds. The molecule has 0 radical (unpaired) electrons. The van der Waals surface area contributed by atoms with Crippen molar-refractivity contribution in [3.8, 4) is 6.07 Å². The Bertz CT molecular complexity index is 1180. The topological polar surface area (TPSA) is 65.6 Å². The molecule has 2 heterocycles. The van der Waals surface area contributed by atoms with Gasteiger partial charge in [0.05, 0.1) is 16.6 Å². The summed E-state index contributed by atoms with van der Waals surface area (Å²) in [5.74, 6) is 1.17. The molecule has 5 heteroatoms. The Labute approximate surface area is 167 Å². The van der Waals surface area contributed by atoms with Crippen LogP contribution < -0.4 is 0 Å². The number of nitrogens with one attached hydrogen (secondary N) is 1. The molecule has 0 unspecified atom stereocenters. The third-order valence-electron chi connectivity index (χ3n) is 4.60. The highest BCUT2D eigenvalue weighted by atomic mass is 32.2. The minimum absolute atomic E-state index is 0.438. The van der Waals surface area contributed by atoms with E-state index < -0.39 is 0 Å². The number of benzene rings is 2. The average Bonchev–Trinajstić information content (AvgIpc) is 3.28. The van der Waals surface area contributed by atoms with Crippen LogP contribution in [-0.4, -0.2) is 9.97 Å². The molecule has 0 fully saturated rings. The average molecular weight is 385 g/mol. The first-order chi connectivity index (χ1) is 13.5. The van der Waals surface area contributed by atoms with Gasteiger partial charge >= 0.3 is 0 Å². The Balaban J connectivity index is 1.61. The van der Waals surface area contributed by atoms with Gasteiger partial charge in [-0.25, -0.2) is 4.98 Å². The van der Waals surface area contributed by atoms with E-state index in [1.165, 1.54) is 16.7 Å². The molecule has 0 aliphatic carbocycles. The van der Waals surface area contributed by atoms with E-state index in [9.17, 15) is 5.26 Å². The van der Waals surface area contributed by atoms with Gasteiger partial charge in [0.25, 0.3) is 0 Å². The molecular formula is C23H19N3OS. The minimum Gasteiger partial charge on any atom is -0.450 e. The van der Waals surface area contributed by atoms with Crippen molar-refractivity contribution >= 4 is 34.4 Å². The van der Waals surface area contributed by atoms with E-state index in [0.717, 1.165) is 21.0 Å². The maximum absolute atomic E-state index is 9.62. The fourth-order valence-electron chi connectivity index (χ4n) is 2.88. The predicted molar refractivity (Wildman–Crippen MR) is 113 cm³/mol. The SMILES string of the molecule is Cc1ccc(Sc2ccc(/C=C(/C#N)c3nc4cc(C)c(C)cc4[nH]3)o2)cc1. The Morgan fingerprint density at radius 3 is 2.57 bits per heavy atom. The lowest BCUT2D eigenvalue weighted by Crippen LogP contribution is -1.84. The Morgan fingerprint density at radius 2 is 1.82 bits per heavy atom. The Hall–Kier alpha value is -3.23. The van der Waals surface area contributed by atoms with Crippen LogP contribution in [0.15, 0.2) is 62.9 Å². The van der Waals surface area contributed by atoms with Crippen molar-refractivity contribution in [3.05, 3.63) is 76.8 Å². The van der Waals surface area contributed by atoms with Crippen molar-refractivity contribution in [1.29, 1.82) is 5.26 Å². The molecule has 0 spiro atoms. The lowest BCUT2D eigenvalue weighted by molar-refractivity contribution is 0.466. The Kier molecular flexibility index (Phi) is 4.81. The molecule has 0 saturated heterocycles. The number of allylic oxidation sites excluding steroid dienone is 1. The Morgan fingerprint density at radius 1 is 1.07 bits per heavy atom. The summed E-state index contributed by atoms with van der Waals surface area (Å²) in [5.41, 5.74) is 5.81. The van der Waals surface area contributed by atoms with Crippen LogP contribution in [0, 0.1) is 32.1 Å². The minimum atomic E-state index is 0.438. The van der Waals surface area contributed by atoms with E-state index in [0.29, 0.717) is 17.2 Å². The van der Waals surface area contributed by atoms with Crippen LogP contribution >= 0.6 is 11.8 Å². The monoisotopic (exact) mass is 385 g/mol. The summed E-state index contributed by atoms with van der Waals surface area (Å²) >= 11 is 1.55. The third-order valence-corrected chi connectivity index (χ3v) is 5.53. The van der Waals surface area contributed by atoms with Crippen LogP contribution in [0.25, 0.3) is 22.7 Å². The molecule has 0 aliphatic rings. The highest BCUT2D eigenvalue weighted by Gasteiger charge is 2.11. The quantitative estimate of drug-likeness (QED) is 0.419. The fraction of sp³-hybridized carbons (Fsp3) is 0.130. The molecule has 2 aromatic heterocycles. The number of aromatic amines is 1. The van der Waals surface area contributed by atoms with Crippen molar-refractivity contribution in [3.63, 3.8) is 0 Å². The zero-order valence-corrected chi connectivity index (χ0v) is 16.7. The molecule has 138 valence electrons. The van der Waals surface area contributed by atoms with Gasteiger partial charge in [0, 0.05) is 11.0 Å². The van der Waals surface area contributed by atoms with E-state index in [2.05, 4.69) is 67.1 Å². The molecule has 4 nitrogen and oxygen atoms in total. The summed E-state index contributed by atoms with van der Waals surface area (Å²) in [6, 6.07) is 18.4. The van der Waals surface area contributed by atoms with Gasteiger partial charge in [-0.1, -0.05) is 29.5 Å². The highest BCUT2D eigenvalue weighted by molar-refractivity contribution is 7.99. The maximum atomic E-state index is 9.62. The van der Waals surface area contributed by atoms with Gasteiger partial charge in [-0.3, -0.25) is 0 Å². The number of nitrogens with zero attached hydrogens (tertiary/aromatic N) is 2. The number of furan rings is 1. The summed E-state index contributed by atoms with van der Waals surface area (Å²) in [7, 11) is 0. The number of hydrogen-bond acceptors (Lipinski definition) is 4. The van der Waals surface area contributed by atoms with Gasteiger partial charge in [0.1, 0.15) is 17.7 Å². The molecule has 0 saturated carbocycles. The molecular weight excluding hydrogens is 366 g/mol. The summed E-state index contributed by atoms with van der Waals surface area (Å²) in [6.07, 6.45) is 1.72. The first-order valence-corrected chi connectivity index (χ1v) is 9.77. The first kappa shape index (κ1) is 18.1. The lowest BCUT2D eigenvalue weighted by atomic mass is 10.1. The van der Waals surface area contributed by atoms with E-state index in [1.807, 2.05) is 18.2 Å². The molecule has 2 aromatic carbocycles. The summed E-state index contributed by atoms with van der Waals surface area (Å²) in [4.78, 5) is 8.92. The first-order valence-electron chi connectivity index (χ1n) is 8.95. The van der Waals surface area contributed by atoms with Crippen molar-refractivity contribution in [1.82, 2.24) is 9.97 Å². The number of aryl methyl sites for hydroxylation is 3. The normalized spacial score (nSPS) is 11.7. The molecule has 4 aromatic rings. The second-order valence-electron chi connectivity index (χ2n) is 6.78. The zero-order chi connectivity index (χ0) is 19.7. The summed E-state index contributed by atoms with van der Waals surface area (Å²) < 4.78 is 5.88. The lowest BCUT2D eigenvalue weighted by Gasteiger charge is -1.98. The van der Waals surface area contributed by atoms with E-state index in [4.69, 9.17) is 4.42 Å². The van der Waals surface area contributed by atoms with Crippen LogP contribution in [0.5, 0.6) is 0 Å². The van der Waals surface area contributed by atoms with Gasteiger partial charge in [-0.15, -0.1) is 0 Å². The number of rotatable bonds is 4. The second kappa shape index (κ2) is 7.41. The van der Waals surface area contributed by atoms with Crippen LogP contribution in [0.3, 0.4) is 0 Å². The number of fused-ring (bicyclic) bond motifs is 1.